The molecule has 0 bridgehead atoms. The molecule has 19 heavy (non-hydrogen) atoms. The minimum absolute atomic E-state index is 0.889. The van der Waals surface area contributed by atoms with Crippen molar-refractivity contribution in [3.05, 3.63) is 73.1 Å². The van der Waals surface area contributed by atoms with Crippen LogP contribution in [0, 0.1) is 0 Å². The SMILES string of the molecule is C=C(N(C)c1ccccc1)N(CC)c1ccccc1. The highest BCUT2D eigenvalue weighted by atomic mass is 15.3. The number of benzene rings is 2. The van der Waals surface area contributed by atoms with Crippen LogP contribution in [0.1, 0.15) is 6.92 Å². The number of hydrogen-bond donors (Lipinski definition) is 0. The van der Waals surface area contributed by atoms with E-state index in [4.69, 9.17) is 0 Å². The van der Waals surface area contributed by atoms with Gasteiger partial charge in [-0.05, 0) is 31.2 Å². The summed E-state index contributed by atoms with van der Waals surface area (Å²) in [5.41, 5.74) is 2.31. The number of para-hydroxylation sites is 2. The second-order valence-corrected chi connectivity index (χ2v) is 4.39. The summed E-state index contributed by atoms with van der Waals surface area (Å²) in [5, 5.41) is 0. The van der Waals surface area contributed by atoms with E-state index in [1.165, 1.54) is 0 Å². The minimum Gasteiger partial charge on any atom is -0.331 e. The van der Waals surface area contributed by atoms with Crippen molar-refractivity contribution in [3.63, 3.8) is 0 Å². The van der Waals surface area contributed by atoms with Crippen molar-refractivity contribution < 1.29 is 0 Å². The lowest BCUT2D eigenvalue weighted by Crippen LogP contribution is -2.32. The van der Waals surface area contributed by atoms with E-state index in [2.05, 4.69) is 47.6 Å². The molecule has 2 heteroatoms. The van der Waals surface area contributed by atoms with E-state index in [0.717, 1.165) is 23.7 Å². The highest BCUT2D eigenvalue weighted by Crippen LogP contribution is 2.23. The van der Waals surface area contributed by atoms with Gasteiger partial charge < -0.3 is 9.80 Å². The first-order valence-corrected chi connectivity index (χ1v) is 6.54. The third kappa shape index (κ3) is 2.97. The van der Waals surface area contributed by atoms with Crippen LogP contribution < -0.4 is 9.80 Å². The fourth-order valence-electron chi connectivity index (χ4n) is 2.10. The fourth-order valence-corrected chi connectivity index (χ4v) is 2.10. The van der Waals surface area contributed by atoms with Crippen molar-refractivity contribution in [1.82, 2.24) is 0 Å². The zero-order valence-electron chi connectivity index (χ0n) is 11.6. The van der Waals surface area contributed by atoms with Gasteiger partial charge in [-0.3, -0.25) is 0 Å². The van der Waals surface area contributed by atoms with Gasteiger partial charge in [0.2, 0.25) is 0 Å². The smallest absolute Gasteiger partial charge is 0.105 e. The first-order valence-electron chi connectivity index (χ1n) is 6.54. The van der Waals surface area contributed by atoms with Crippen molar-refractivity contribution in [2.75, 3.05) is 23.4 Å². The molecule has 0 unspecified atom stereocenters. The van der Waals surface area contributed by atoms with Gasteiger partial charge in [-0.1, -0.05) is 43.0 Å². The third-order valence-corrected chi connectivity index (χ3v) is 3.23. The Labute approximate surface area is 115 Å². The molecule has 98 valence electrons. The molecule has 0 aliphatic carbocycles. The van der Waals surface area contributed by atoms with Crippen LogP contribution in [0.5, 0.6) is 0 Å². The number of anilines is 2. The highest BCUT2D eigenvalue weighted by Gasteiger charge is 2.12. The molecule has 0 heterocycles. The van der Waals surface area contributed by atoms with Crippen LogP contribution in [0.25, 0.3) is 0 Å². The maximum Gasteiger partial charge on any atom is 0.105 e. The van der Waals surface area contributed by atoms with Crippen molar-refractivity contribution in [2.45, 2.75) is 6.92 Å². The average molecular weight is 252 g/mol. The lowest BCUT2D eigenvalue weighted by Gasteiger charge is -2.32. The van der Waals surface area contributed by atoms with Gasteiger partial charge in [-0.25, -0.2) is 0 Å². The van der Waals surface area contributed by atoms with Gasteiger partial charge in [0, 0.05) is 25.0 Å². The first kappa shape index (κ1) is 13.2. The van der Waals surface area contributed by atoms with Gasteiger partial charge in [0.25, 0.3) is 0 Å². The molecule has 2 nitrogen and oxygen atoms in total. The molecule has 2 aromatic rings. The predicted molar refractivity (Wildman–Crippen MR) is 83.4 cm³/mol. The molecule has 0 spiro atoms. The summed E-state index contributed by atoms with van der Waals surface area (Å²) in [4.78, 5) is 4.31. The second kappa shape index (κ2) is 6.10. The molecule has 0 aromatic heterocycles. The zero-order valence-corrected chi connectivity index (χ0v) is 11.6. The van der Waals surface area contributed by atoms with Crippen LogP contribution in [-0.2, 0) is 0 Å². The summed E-state index contributed by atoms with van der Waals surface area (Å²) in [6.45, 7) is 7.26. The van der Waals surface area contributed by atoms with E-state index < -0.39 is 0 Å². The Balaban J connectivity index is 2.22. The Morgan fingerprint density at radius 3 is 1.84 bits per heavy atom. The molecule has 0 N–H and O–H groups in total. The molecule has 2 rings (SSSR count). The summed E-state index contributed by atoms with van der Waals surface area (Å²) < 4.78 is 0. The van der Waals surface area contributed by atoms with Gasteiger partial charge >= 0.3 is 0 Å². The van der Waals surface area contributed by atoms with E-state index in [1.54, 1.807) is 0 Å². The topological polar surface area (TPSA) is 6.48 Å². The van der Waals surface area contributed by atoms with Crippen molar-refractivity contribution >= 4 is 11.4 Å². The van der Waals surface area contributed by atoms with Crippen LogP contribution in [0.15, 0.2) is 73.1 Å². The summed E-state index contributed by atoms with van der Waals surface area (Å²) in [6.07, 6.45) is 0. The maximum atomic E-state index is 4.23. The lowest BCUT2D eigenvalue weighted by atomic mass is 10.2. The molecule has 2 aromatic carbocycles. The maximum absolute atomic E-state index is 4.23. The second-order valence-electron chi connectivity index (χ2n) is 4.39. The van der Waals surface area contributed by atoms with Crippen molar-refractivity contribution in [1.29, 1.82) is 0 Å². The number of nitrogens with zero attached hydrogens (tertiary/aromatic N) is 2. The van der Waals surface area contributed by atoms with Gasteiger partial charge in [0.1, 0.15) is 5.82 Å². The van der Waals surface area contributed by atoms with Crippen LogP contribution in [0.3, 0.4) is 0 Å². The van der Waals surface area contributed by atoms with E-state index in [9.17, 15) is 0 Å². The molecule has 0 atom stereocenters. The van der Waals surface area contributed by atoms with E-state index in [-0.39, 0.29) is 0 Å². The summed E-state index contributed by atoms with van der Waals surface area (Å²) >= 11 is 0. The van der Waals surface area contributed by atoms with Gasteiger partial charge in [-0.2, -0.15) is 0 Å². The van der Waals surface area contributed by atoms with Crippen LogP contribution in [-0.4, -0.2) is 13.6 Å². The van der Waals surface area contributed by atoms with E-state index in [1.807, 2.05) is 43.4 Å². The van der Waals surface area contributed by atoms with E-state index >= 15 is 0 Å². The van der Waals surface area contributed by atoms with Crippen LogP contribution >= 0.6 is 0 Å². The first-order chi connectivity index (χ1) is 9.24. The van der Waals surface area contributed by atoms with Gasteiger partial charge in [0.05, 0.1) is 0 Å². The molecular formula is C17H20N2. The summed E-state index contributed by atoms with van der Waals surface area (Å²) in [7, 11) is 2.04. The minimum atomic E-state index is 0.889. The lowest BCUT2D eigenvalue weighted by molar-refractivity contribution is 0.901. The average Bonchev–Trinajstić information content (AvgIpc) is 2.49. The standard InChI is InChI=1S/C17H20N2/c1-4-19(17-13-9-6-10-14-17)15(2)18(3)16-11-7-5-8-12-16/h5-14H,2,4H2,1,3H3. The predicted octanol–water partition coefficient (Wildman–Crippen LogP) is 4.12. The summed E-state index contributed by atoms with van der Waals surface area (Å²) in [6, 6.07) is 20.6. The normalized spacial score (nSPS) is 10.0. The van der Waals surface area contributed by atoms with E-state index in [0.29, 0.717) is 0 Å². The van der Waals surface area contributed by atoms with Crippen LogP contribution in [0.2, 0.25) is 0 Å². The quantitative estimate of drug-likeness (QED) is 0.789. The molecule has 0 radical (unpaired) electrons. The molecule has 0 aliphatic heterocycles. The molecular weight excluding hydrogens is 232 g/mol. The Morgan fingerprint density at radius 1 is 0.895 bits per heavy atom. The Hall–Kier alpha value is -2.22. The highest BCUT2D eigenvalue weighted by molar-refractivity contribution is 5.59. The zero-order chi connectivity index (χ0) is 13.7. The van der Waals surface area contributed by atoms with Gasteiger partial charge in [-0.15, -0.1) is 0 Å². The Bertz CT molecular complexity index is 519. The molecule has 0 aliphatic rings. The third-order valence-electron chi connectivity index (χ3n) is 3.23. The number of rotatable bonds is 5. The van der Waals surface area contributed by atoms with Crippen molar-refractivity contribution in [3.8, 4) is 0 Å². The largest absolute Gasteiger partial charge is 0.331 e. The molecule has 0 fully saturated rings. The molecule has 0 saturated carbocycles. The Kier molecular flexibility index (Phi) is 4.24. The monoisotopic (exact) mass is 252 g/mol. The summed E-state index contributed by atoms with van der Waals surface area (Å²) in [5.74, 6) is 0.972. The van der Waals surface area contributed by atoms with Gasteiger partial charge in [0.15, 0.2) is 0 Å². The van der Waals surface area contributed by atoms with Crippen LogP contribution in [0.4, 0.5) is 11.4 Å². The fraction of sp³-hybridized carbons (Fsp3) is 0.176. The van der Waals surface area contributed by atoms with Crippen molar-refractivity contribution in [2.24, 2.45) is 0 Å². The number of hydrogen-bond acceptors (Lipinski definition) is 2. The molecule has 0 amide bonds. The molecule has 0 saturated heterocycles. The Morgan fingerprint density at radius 2 is 1.37 bits per heavy atom.